The Hall–Kier alpha value is -2.23. The summed E-state index contributed by atoms with van der Waals surface area (Å²) >= 11 is 0. The molecule has 0 aromatic heterocycles. The number of ether oxygens (including phenoxy) is 1. The number of rotatable bonds is 4. The zero-order chi connectivity index (χ0) is 12.7. The third-order valence-corrected chi connectivity index (χ3v) is 1.97. The SMILES string of the molecule is CC=CCOC(=O)C=Cc1ccc(O)c(O)c1. The van der Waals surface area contributed by atoms with Crippen molar-refractivity contribution in [3.05, 3.63) is 42.0 Å². The van der Waals surface area contributed by atoms with Crippen LogP contribution in [0.1, 0.15) is 12.5 Å². The molecule has 0 aliphatic rings. The molecule has 0 saturated carbocycles. The summed E-state index contributed by atoms with van der Waals surface area (Å²) in [4.78, 5) is 11.2. The van der Waals surface area contributed by atoms with Crippen molar-refractivity contribution in [1.29, 1.82) is 0 Å². The molecule has 17 heavy (non-hydrogen) atoms. The first kappa shape index (κ1) is 12.8. The fraction of sp³-hybridized carbons (Fsp3) is 0.154. The molecular formula is C13H14O4. The predicted molar refractivity (Wildman–Crippen MR) is 64.6 cm³/mol. The van der Waals surface area contributed by atoms with E-state index in [2.05, 4.69) is 0 Å². The Labute approximate surface area is 99.5 Å². The van der Waals surface area contributed by atoms with E-state index < -0.39 is 5.97 Å². The van der Waals surface area contributed by atoms with Gasteiger partial charge in [-0.05, 0) is 30.7 Å². The number of carbonyl (C=O) groups excluding carboxylic acids is 1. The molecule has 0 fully saturated rings. The molecule has 0 unspecified atom stereocenters. The summed E-state index contributed by atoms with van der Waals surface area (Å²) in [5.74, 6) is -0.886. The second-order valence-electron chi connectivity index (χ2n) is 3.28. The average molecular weight is 234 g/mol. The number of phenolic OH excluding ortho intramolecular Hbond substituents is 2. The van der Waals surface area contributed by atoms with Crippen molar-refractivity contribution in [2.45, 2.75) is 6.92 Å². The van der Waals surface area contributed by atoms with Gasteiger partial charge in [-0.15, -0.1) is 0 Å². The van der Waals surface area contributed by atoms with Crippen LogP contribution in [-0.2, 0) is 9.53 Å². The molecule has 4 nitrogen and oxygen atoms in total. The first-order valence-electron chi connectivity index (χ1n) is 5.11. The van der Waals surface area contributed by atoms with E-state index >= 15 is 0 Å². The summed E-state index contributed by atoms with van der Waals surface area (Å²) in [5.41, 5.74) is 0.600. The maximum Gasteiger partial charge on any atom is 0.331 e. The number of phenols is 2. The summed E-state index contributed by atoms with van der Waals surface area (Å²) in [6.45, 7) is 2.07. The lowest BCUT2D eigenvalue weighted by molar-refractivity contribution is -0.136. The van der Waals surface area contributed by atoms with Crippen molar-refractivity contribution in [3.8, 4) is 11.5 Å². The monoisotopic (exact) mass is 234 g/mol. The average Bonchev–Trinajstić information content (AvgIpc) is 2.31. The van der Waals surface area contributed by atoms with E-state index in [-0.39, 0.29) is 18.1 Å². The minimum absolute atomic E-state index is 0.196. The van der Waals surface area contributed by atoms with E-state index in [1.807, 2.05) is 6.92 Å². The number of benzene rings is 1. The maximum absolute atomic E-state index is 11.2. The minimum Gasteiger partial charge on any atom is -0.504 e. The normalized spacial score (nSPS) is 11.1. The molecule has 0 bridgehead atoms. The van der Waals surface area contributed by atoms with Gasteiger partial charge in [0, 0.05) is 6.08 Å². The number of aromatic hydroxyl groups is 2. The van der Waals surface area contributed by atoms with E-state index in [1.54, 1.807) is 18.2 Å². The van der Waals surface area contributed by atoms with Crippen molar-refractivity contribution in [3.63, 3.8) is 0 Å². The van der Waals surface area contributed by atoms with Gasteiger partial charge in [-0.25, -0.2) is 4.79 Å². The van der Waals surface area contributed by atoms with Gasteiger partial charge in [-0.2, -0.15) is 0 Å². The minimum atomic E-state index is -0.462. The van der Waals surface area contributed by atoms with Crippen LogP contribution in [0.5, 0.6) is 11.5 Å². The third kappa shape index (κ3) is 4.42. The molecule has 0 radical (unpaired) electrons. The van der Waals surface area contributed by atoms with Crippen LogP contribution in [0.15, 0.2) is 36.4 Å². The number of esters is 1. The Bertz CT molecular complexity index is 447. The van der Waals surface area contributed by atoms with E-state index in [1.165, 1.54) is 24.3 Å². The van der Waals surface area contributed by atoms with Crippen molar-refractivity contribution < 1.29 is 19.7 Å². The van der Waals surface area contributed by atoms with Gasteiger partial charge >= 0.3 is 5.97 Å². The van der Waals surface area contributed by atoms with E-state index in [0.717, 1.165) is 0 Å². The van der Waals surface area contributed by atoms with Crippen molar-refractivity contribution in [2.75, 3.05) is 6.61 Å². The number of allylic oxidation sites excluding steroid dienone is 1. The molecule has 0 saturated heterocycles. The lowest BCUT2D eigenvalue weighted by Crippen LogP contribution is -1.99. The van der Waals surface area contributed by atoms with Crippen LogP contribution in [0.2, 0.25) is 0 Å². The Morgan fingerprint density at radius 3 is 2.76 bits per heavy atom. The Morgan fingerprint density at radius 2 is 2.12 bits per heavy atom. The molecular weight excluding hydrogens is 220 g/mol. The molecule has 2 N–H and O–H groups in total. The lowest BCUT2D eigenvalue weighted by atomic mass is 10.2. The summed E-state index contributed by atoms with van der Waals surface area (Å²) in [6.07, 6.45) is 6.26. The molecule has 90 valence electrons. The van der Waals surface area contributed by atoms with Gasteiger partial charge in [0.05, 0.1) is 0 Å². The molecule has 1 aromatic rings. The van der Waals surface area contributed by atoms with Crippen LogP contribution < -0.4 is 0 Å². The number of hydrogen-bond acceptors (Lipinski definition) is 4. The van der Waals surface area contributed by atoms with E-state index in [9.17, 15) is 9.90 Å². The fourth-order valence-corrected chi connectivity index (χ4v) is 1.08. The van der Waals surface area contributed by atoms with Gasteiger partial charge in [0.25, 0.3) is 0 Å². The van der Waals surface area contributed by atoms with Gasteiger partial charge < -0.3 is 14.9 Å². The van der Waals surface area contributed by atoms with Crippen LogP contribution in [0.4, 0.5) is 0 Å². The highest BCUT2D eigenvalue weighted by atomic mass is 16.5. The van der Waals surface area contributed by atoms with Gasteiger partial charge in [0.2, 0.25) is 0 Å². The fourth-order valence-electron chi connectivity index (χ4n) is 1.08. The Morgan fingerprint density at radius 1 is 1.35 bits per heavy atom. The first-order chi connectivity index (χ1) is 8.13. The lowest BCUT2D eigenvalue weighted by Gasteiger charge is -1.99. The highest BCUT2D eigenvalue weighted by Gasteiger charge is 1.99. The number of carbonyl (C=O) groups is 1. The summed E-state index contributed by atoms with van der Waals surface area (Å²) < 4.78 is 4.83. The van der Waals surface area contributed by atoms with Crippen LogP contribution in [0.25, 0.3) is 6.08 Å². The van der Waals surface area contributed by atoms with Crippen molar-refractivity contribution in [2.24, 2.45) is 0 Å². The smallest absolute Gasteiger partial charge is 0.331 e. The van der Waals surface area contributed by atoms with Crippen LogP contribution in [0, 0.1) is 0 Å². The highest BCUT2D eigenvalue weighted by molar-refractivity contribution is 5.87. The molecule has 0 heterocycles. The Kier molecular flexibility index (Phi) is 4.81. The van der Waals surface area contributed by atoms with Gasteiger partial charge in [-0.1, -0.05) is 18.2 Å². The Balaban J connectivity index is 2.58. The standard InChI is InChI=1S/C13H14O4/c1-2-3-8-17-13(16)7-5-10-4-6-11(14)12(15)9-10/h2-7,9,14-15H,8H2,1H3. The van der Waals surface area contributed by atoms with Crippen molar-refractivity contribution in [1.82, 2.24) is 0 Å². The molecule has 0 amide bonds. The number of hydrogen-bond donors (Lipinski definition) is 2. The summed E-state index contributed by atoms with van der Waals surface area (Å²) in [6, 6.07) is 4.27. The van der Waals surface area contributed by atoms with Crippen LogP contribution in [0.3, 0.4) is 0 Å². The first-order valence-corrected chi connectivity index (χ1v) is 5.11. The van der Waals surface area contributed by atoms with Gasteiger partial charge in [0.15, 0.2) is 11.5 Å². The molecule has 0 aliphatic heterocycles. The largest absolute Gasteiger partial charge is 0.504 e. The summed E-state index contributed by atoms with van der Waals surface area (Å²) in [7, 11) is 0. The molecule has 1 aromatic carbocycles. The van der Waals surface area contributed by atoms with Crippen molar-refractivity contribution >= 4 is 12.0 Å². The van der Waals surface area contributed by atoms with Crippen LogP contribution >= 0.6 is 0 Å². The topological polar surface area (TPSA) is 66.8 Å². The third-order valence-electron chi connectivity index (χ3n) is 1.97. The maximum atomic E-state index is 11.2. The zero-order valence-corrected chi connectivity index (χ0v) is 9.46. The molecule has 0 spiro atoms. The zero-order valence-electron chi connectivity index (χ0n) is 9.46. The van der Waals surface area contributed by atoms with Gasteiger partial charge in [0.1, 0.15) is 6.61 Å². The second-order valence-corrected chi connectivity index (χ2v) is 3.28. The van der Waals surface area contributed by atoms with Crippen LogP contribution in [-0.4, -0.2) is 22.8 Å². The van der Waals surface area contributed by atoms with E-state index in [4.69, 9.17) is 9.84 Å². The molecule has 1 rings (SSSR count). The highest BCUT2D eigenvalue weighted by Crippen LogP contribution is 2.25. The molecule has 0 atom stereocenters. The van der Waals surface area contributed by atoms with Gasteiger partial charge in [-0.3, -0.25) is 0 Å². The van der Waals surface area contributed by atoms with E-state index in [0.29, 0.717) is 5.56 Å². The predicted octanol–water partition coefficient (Wildman–Crippen LogP) is 2.23. The quantitative estimate of drug-likeness (QED) is 0.363. The second kappa shape index (κ2) is 6.37. The summed E-state index contributed by atoms with van der Waals surface area (Å²) in [5, 5.41) is 18.3. The molecule has 4 heteroatoms. The molecule has 0 aliphatic carbocycles.